The topological polar surface area (TPSA) is 41.3 Å². The van der Waals surface area contributed by atoms with Crippen LogP contribution in [0.2, 0.25) is 0 Å². The summed E-state index contributed by atoms with van der Waals surface area (Å²) in [6, 6.07) is 4.68. The normalized spacial score (nSPS) is 27.5. The molecule has 0 saturated carbocycles. The summed E-state index contributed by atoms with van der Waals surface area (Å²) >= 11 is 0. The van der Waals surface area contributed by atoms with Crippen LogP contribution >= 0.6 is 0 Å². The van der Waals surface area contributed by atoms with Gasteiger partial charge in [-0.3, -0.25) is 4.98 Å². The summed E-state index contributed by atoms with van der Waals surface area (Å²) in [6.45, 7) is 3.40. The summed E-state index contributed by atoms with van der Waals surface area (Å²) in [5, 5.41) is 3.64. The van der Waals surface area contributed by atoms with Crippen LogP contribution in [0.4, 0.5) is 5.69 Å². The van der Waals surface area contributed by atoms with E-state index in [2.05, 4.69) is 21.3 Å². The number of nitrogens with one attached hydrogen (secondary N) is 1. The Kier molecular flexibility index (Phi) is 2.69. The maximum absolute atomic E-state index is 5.46. The van der Waals surface area contributed by atoms with Crippen molar-refractivity contribution in [1.29, 1.82) is 0 Å². The molecule has 0 bridgehead atoms. The van der Waals surface area contributed by atoms with E-state index in [0.29, 0.717) is 6.04 Å². The SMILES string of the molecule is c1cc2ncc(N3CCC[C@H]4CCN[C@H]4C3)cc2o1. The van der Waals surface area contributed by atoms with Crippen LogP contribution in [0.5, 0.6) is 0 Å². The Morgan fingerprint density at radius 1 is 1.37 bits per heavy atom. The van der Waals surface area contributed by atoms with Crippen molar-refractivity contribution in [3.63, 3.8) is 0 Å². The highest BCUT2D eigenvalue weighted by Gasteiger charge is 2.30. The van der Waals surface area contributed by atoms with Crippen LogP contribution in [0.25, 0.3) is 11.1 Å². The van der Waals surface area contributed by atoms with Gasteiger partial charge in [0.1, 0.15) is 5.52 Å². The van der Waals surface area contributed by atoms with Gasteiger partial charge in [-0.1, -0.05) is 0 Å². The van der Waals surface area contributed by atoms with Crippen molar-refractivity contribution in [2.75, 3.05) is 24.5 Å². The second-order valence-corrected chi connectivity index (χ2v) is 5.70. The van der Waals surface area contributed by atoms with Crippen molar-refractivity contribution < 1.29 is 4.42 Å². The molecule has 100 valence electrons. The lowest BCUT2D eigenvalue weighted by molar-refractivity contribution is 0.445. The van der Waals surface area contributed by atoms with Gasteiger partial charge < -0.3 is 14.6 Å². The number of hydrogen-bond acceptors (Lipinski definition) is 4. The van der Waals surface area contributed by atoms with E-state index in [1.807, 2.05) is 12.3 Å². The van der Waals surface area contributed by atoms with Gasteiger partial charge in [-0.2, -0.15) is 0 Å². The van der Waals surface area contributed by atoms with E-state index in [1.54, 1.807) is 6.26 Å². The van der Waals surface area contributed by atoms with Crippen LogP contribution in [-0.2, 0) is 0 Å². The summed E-state index contributed by atoms with van der Waals surface area (Å²) in [7, 11) is 0. The number of furan rings is 1. The maximum Gasteiger partial charge on any atom is 0.154 e. The molecule has 1 N–H and O–H groups in total. The predicted molar refractivity (Wildman–Crippen MR) is 75.4 cm³/mol. The molecule has 2 aromatic heterocycles. The number of anilines is 1. The van der Waals surface area contributed by atoms with Gasteiger partial charge in [0.05, 0.1) is 18.1 Å². The minimum absolute atomic E-state index is 0.648. The first-order chi connectivity index (χ1) is 9.40. The standard InChI is InChI=1S/C15H19N3O/c1-2-11-3-5-16-14(11)10-18(6-1)12-8-15-13(17-9-12)4-7-19-15/h4,7-9,11,14,16H,1-3,5-6,10H2/t11-,14-/m0/s1. The molecule has 4 heteroatoms. The highest BCUT2D eigenvalue weighted by molar-refractivity contribution is 5.76. The van der Waals surface area contributed by atoms with E-state index in [0.717, 1.165) is 30.1 Å². The lowest BCUT2D eigenvalue weighted by atomic mass is 9.97. The first-order valence-corrected chi connectivity index (χ1v) is 7.22. The van der Waals surface area contributed by atoms with Gasteiger partial charge in [0.2, 0.25) is 0 Å². The molecule has 2 aliphatic heterocycles. The van der Waals surface area contributed by atoms with E-state index >= 15 is 0 Å². The molecule has 2 atom stereocenters. The summed E-state index contributed by atoms with van der Waals surface area (Å²) in [5.74, 6) is 0.866. The lowest BCUT2D eigenvalue weighted by Gasteiger charge is -2.26. The number of nitrogens with zero attached hydrogens (tertiary/aromatic N) is 2. The fraction of sp³-hybridized carbons (Fsp3) is 0.533. The van der Waals surface area contributed by atoms with Crippen LogP contribution in [0, 0.1) is 5.92 Å². The third kappa shape index (κ3) is 2.00. The van der Waals surface area contributed by atoms with E-state index < -0.39 is 0 Å². The molecule has 0 aliphatic carbocycles. The monoisotopic (exact) mass is 257 g/mol. The van der Waals surface area contributed by atoms with Gasteiger partial charge in [-0.25, -0.2) is 0 Å². The first-order valence-electron chi connectivity index (χ1n) is 7.22. The average Bonchev–Trinajstić information content (AvgIpc) is 3.02. The van der Waals surface area contributed by atoms with E-state index in [1.165, 1.54) is 31.5 Å². The number of pyridine rings is 1. The molecule has 4 heterocycles. The van der Waals surface area contributed by atoms with Gasteiger partial charge in [0, 0.05) is 31.3 Å². The zero-order valence-corrected chi connectivity index (χ0v) is 11.0. The van der Waals surface area contributed by atoms with Gasteiger partial charge in [0.25, 0.3) is 0 Å². The van der Waals surface area contributed by atoms with Crippen LogP contribution in [0.3, 0.4) is 0 Å². The minimum atomic E-state index is 0.648. The Labute approximate surface area is 112 Å². The third-order valence-electron chi connectivity index (χ3n) is 4.56. The van der Waals surface area contributed by atoms with Gasteiger partial charge in [-0.05, 0) is 31.7 Å². The number of hydrogen-bond donors (Lipinski definition) is 1. The molecule has 2 aliphatic rings. The summed E-state index contributed by atoms with van der Waals surface area (Å²) in [5.41, 5.74) is 3.02. The van der Waals surface area contributed by atoms with E-state index in [4.69, 9.17) is 4.42 Å². The first kappa shape index (κ1) is 11.3. The van der Waals surface area contributed by atoms with E-state index in [-0.39, 0.29) is 0 Å². The molecule has 4 rings (SSSR count). The highest BCUT2D eigenvalue weighted by Crippen LogP contribution is 2.28. The van der Waals surface area contributed by atoms with Gasteiger partial charge in [-0.15, -0.1) is 0 Å². The van der Waals surface area contributed by atoms with Crippen molar-refractivity contribution in [1.82, 2.24) is 10.3 Å². The quantitative estimate of drug-likeness (QED) is 0.851. The zero-order chi connectivity index (χ0) is 12.7. The molecule has 0 radical (unpaired) electrons. The summed E-state index contributed by atoms with van der Waals surface area (Å²) in [6.07, 6.45) is 7.66. The smallest absolute Gasteiger partial charge is 0.154 e. The van der Waals surface area contributed by atoms with Crippen LogP contribution in [0.15, 0.2) is 29.0 Å². The van der Waals surface area contributed by atoms with Crippen LogP contribution < -0.4 is 10.2 Å². The molecular formula is C15H19N3O. The molecule has 0 amide bonds. The third-order valence-corrected chi connectivity index (χ3v) is 4.56. The molecular weight excluding hydrogens is 238 g/mol. The summed E-state index contributed by atoms with van der Waals surface area (Å²) in [4.78, 5) is 6.93. The highest BCUT2D eigenvalue weighted by atomic mass is 16.3. The minimum Gasteiger partial charge on any atom is -0.463 e. The maximum atomic E-state index is 5.46. The van der Waals surface area contributed by atoms with Crippen LogP contribution in [0.1, 0.15) is 19.3 Å². The van der Waals surface area contributed by atoms with Crippen LogP contribution in [-0.4, -0.2) is 30.7 Å². The largest absolute Gasteiger partial charge is 0.463 e. The molecule has 2 fully saturated rings. The van der Waals surface area contributed by atoms with Gasteiger partial charge in [0.15, 0.2) is 5.58 Å². The Morgan fingerprint density at radius 2 is 2.37 bits per heavy atom. The van der Waals surface area contributed by atoms with Crippen molar-refractivity contribution in [3.8, 4) is 0 Å². The Balaban J connectivity index is 1.62. The fourth-order valence-electron chi connectivity index (χ4n) is 3.50. The molecule has 0 unspecified atom stereocenters. The number of fused-ring (bicyclic) bond motifs is 2. The fourth-order valence-corrected chi connectivity index (χ4v) is 3.50. The predicted octanol–water partition coefficient (Wildman–Crippen LogP) is 2.41. The molecule has 19 heavy (non-hydrogen) atoms. The number of aromatic nitrogens is 1. The Hall–Kier alpha value is -1.55. The second-order valence-electron chi connectivity index (χ2n) is 5.70. The Morgan fingerprint density at radius 3 is 3.37 bits per heavy atom. The van der Waals surface area contributed by atoms with Crippen molar-refractivity contribution in [3.05, 3.63) is 24.6 Å². The summed E-state index contributed by atoms with van der Waals surface area (Å²) < 4.78 is 5.46. The second kappa shape index (κ2) is 4.53. The van der Waals surface area contributed by atoms with Crippen molar-refractivity contribution in [2.45, 2.75) is 25.3 Å². The number of rotatable bonds is 1. The van der Waals surface area contributed by atoms with Crippen molar-refractivity contribution >= 4 is 16.8 Å². The lowest BCUT2D eigenvalue weighted by Crippen LogP contribution is -2.38. The molecule has 0 spiro atoms. The van der Waals surface area contributed by atoms with Crippen molar-refractivity contribution in [2.24, 2.45) is 5.92 Å². The molecule has 2 aromatic rings. The molecule has 4 nitrogen and oxygen atoms in total. The molecule has 2 saturated heterocycles. The molecule has 0 aromatic carbocycles. The Bertz CT molecular complexity index is 580. The van der Waals surface area contributed by atoms with Gasteiger partial charge >= 0.3 is 0 Å². The van der Waals surface area contributed by atoms with E-state index in [9.17, 15) is 0 Å². The zero-order valence-electron chi connectivity index (χ0n) is 11.0. The average molecular weight is 257 g/mol.